The fourth-order valence-electron chi connectivity index (χ4n) is 3.16. The lowest BCUT2D eigenvalue weighted by Crippen LogP contribution is -2.14. The van der Waals surface area contributed by atoms with Gasteiger partial charge in [0.1, 0.15) is 0 Å². The molecule has 2 atom stereocenters. The van der Waals surface area contributed by atoms with Gasteiger partial charge < -0.3 is 5.32 Å². The number of rotatable bonds is 4. The molecule has 4 rings (SSSR count). The van der Waals surface area contributed by atoms with Crippen molar-refractivity contribution in [2.24, 2.45) is 5.92 Å². The normalized spacial score (nSPS) is 18.8. The van der Waals surface area contributed by atoms with Crippen LogP contribution >= 0.6 is 0 Å². The average Bonchev–Trinajstić information content (AvgIpc) is 3.45. The molecule has 0 aromatic heterocycles. The van der Waals surface area contributed by atoms with E-state index in [0.717, 1.165) is 17.7 Å². The van der Waals surface area contributed by atoms with Gasteiger partial charge in [-0.05, 0) is 41.2 Å². The minimum atomic E-state index is 0.0983. The zero-order chi connectivity index (χ0) is 16.4. The number of hydrogen-bond donors (Lipinski definition) is 1. The second-order valence-electron chi connectivity index (χ2n) is 6.29. The first-order valence-electron chi connectivity index (χ1n) is 8.32. The third-order valence-corrected chi connectivity index (χ3v) is 4.61. The minimum absolute atomic E-state index is 0.0983. The summed E-state index contributed by atoms with van der Waals surface area (Å²) in [5, 5.41) is 3.04. The van der Waals surface area contributed by atoms with E-state index in [1.54, 1.807) is 0 Å². The predicted octanol–water partition coefficient (Wildman–Crippen LogP) is 5.10. The lowest BCUT2D eigenvalue weighted by Gasteiger charge is -2.07. The Bertz CT molecular complexity index is 825. The molecule has 0 aliphatic heterocycles. The molecule has 1 N–H and O–H groups in total. The summed E-state index contributed by atoms with van der Waals surface area (Å²) in [6.07, 6.45) is 0.942. The zero-order valence-corrected chi connectivity index (χ0v) is 13.4. The first-order valence-corrected chi connectivity index (χ1v) is 8.32. The van der Waals surface area contributed by atoms with Crippen LogP contribution in [0.5, 0.6) is 0 Å². The van der Waals surface area contributed by atoms with Crippen LogP contribution in [0.3, 0.4) is 0 Å². The minimum Gasteiger partial charge on any atom is -0.326 e. The molecule has 2 unspecified atom stereocenters. The number of carbonyl (C=O) groups is 1. The van der Waals surface area contributed by atoms with E-state index in [4.69, 9.17) is 0 Å². The molecular formula is C22H19NO. The van der Waals surface area contributed by atoms with Crippen LogP contribution in [-0.4, -0.2) is 5.91 Å². The van der Waals surface area contributed by atoms with E-state index in [1.807, 2.05) is 60.7 Å². The van der Waals surface area contributed by atoms with E-state index < -0.39 is 0 Å². The average molecular weight is 313 g/mol. The highest BCUT2D eigenvalue weighted by molar-refractivity contribution is 5.95. The molecule has 0 heterocycles. The summed E-state index contributed by atoms with van der Waals surface area (Å²) in [6.45, 7) is 0. The molecule has 1 fully saturated rings. The Hall–Kier alpha value is -2.87. The van der Waals surface area contributed by atoms with Gasteiger partial charge >= 0.3 is 0 Å². The molecule has 0 saturated heterocycles. The molecule has 1 amide bonds. The Balaban J connectivity index is 1.40. The molecule has 0 radical (unpaired) electrons. The molecule has 118 valence electrons. The van der Waals surface area contributed by atoms with E-state index in [-0.39, 0.29) is 11.8 Å². The number of benzene rings is 3. The van der Waals surface area contributed by atoms with Gasteiger partial charge in [0, 0.05) is 11.6 Å². The monoisotopic (exact) mass is 313 g/mol. The Morgan fingerprint density at radius 2 is 1.33 bits per heavy atom. The maximum Gasteiger partial charge on any atom is 0.228 e. The van der Waals surface area contributed by atoms with Crippen molar-refractivity contribution in [3.05, 3.63) is 90.5 Å². The van der Waals surface area contributed by atoms with Crippen molar-refractivity contribution >= 4 is 11.6 Å². The van der Waals surface area contributed by atoms with Crippen molar-refractivity contribution in [1.29, 1.82) is 0 Å². The van der Waals surface area contributed by atoms with Crippen molar-refractivity contribution in [2.75, 3.05) is 5.32 Å². The van der Waals surface area contributed by atoms with Gasteiger partial charge in [0.25, 0.3) is 0 Å². The van der Waals surface area contributed by atoms with Crippen LogP contribution in [-0.2, 0) is 4.79 Å². The van der Waals surface area contributed by atoms with E-state index in [2.05, 4.69) is 29.6 Å². The molecule has 2 heteroatoms. The summed E-state index contributed by atoms with van der Waals surface area (Å²) in [5.41, 5.74) is 4.46. The van der Waals surface area contributed by atoms with Gasteiger partial charge in [0.05, 0.1) is 0 Å². The Morgan fingerprint density at radius 1 is 0.750 bits per heavy atom. The van der Waals surface area contributed by atoms with Crippen LogP contribution in [0.4, 0.5) is 5.69 Å². The topological polar surface area (TPSA) is 29.1 Å². The molecular weight excluding hydrogens is 294 g/mol. The summed E-state index contributed by atoms with van der Waals surface area (Å²) in [7, 11) is 0. The molecule has 0 bridgehead atoms. The summed E-state index contributed by atoms with van der Waals surface area (Å²) < 4.78 is 0. The van der Waals surface area contributed by atoms with Crippen LogP contribution in [0, 0.1) is 5.92 Å². The number of carbonyl (C=O) groups excluding carboxylic acids is 1. The molecule has 0 spiro atoms. The number of anilines is 1. The van der Waals surface area contributed by atoms with E-state index in [0.29, 0.717) is 5.92 Å². The summed E-state index contributed by atoms with van der Waals surface area (Å²) in [6, 6.07) is 28.6. The van der Waals surface area contributed by atoms with Crippen LogP contribution < -0.4 is 5.32 Å². The highest BCUT2D eigenvalue weighted by Crippen LogP contribution is 2.47. The van der Waals surface area contributed by atoms with Gasteiger partial charge in [0.15, 0.2) is 0 Å². The van der Waals surface area contributed by atoms with Gasteiger partial charge in [-0.1, -0.05) is 72.8 Å². The van der Waals surface area contributed by atoms with Gasteiger partial charge in [-0.15, -0.1) is 0 Å². The van der Waals surface area contributed by atoms with E-state index in [1.165, 1.54) is 11.1 Å². The number of amides is 1. The van der Waals surface area contributed by atoms with Gasteiger partial charge in [-0.2, -0.15) is 0 Å². The fourth-order valence-corrected chi connectivity index (χ4v) is 3.16. The van der Waals surface area contributed by atoms with Crippen LogP contribution in [0.25, 0.3) is 11.1 Å². The standard InChI is InChI=1S/C22H19NO/c24-22(21-15-20(21)18-9-5-2-6-10-18)23-19-13-11-17(12-14-19)16-7-3-1-4-8-16/h1-14,20-21H,15H2,(H,23,24). The lowest BCUT2D eigenvalue weighted by atomic mass is 10.1. The first kappa shape index (κ1) is 14.7. The maximum atomic E-state index is 12.4. The Morgan fingerprint density at radius 3 is 2.00 bits per heavy atom. The molecule has 3 aromatic carbocycles. The third kappa shape index (κ3) is 3.09. The van der Waals surface area contributed by atoms with Crippen LogP contribution in [0.15, 0.2) is 84.9 Å². The molecule has 1 aliphatic rings. The van der Waals surface area contributed by atoms with Crippen molar-refractivity contribution in [1.82, 2.24) is 0 Å². The predicted molar refractivity (Wildman–Crippen MR) is 97.8 cm³/mol. The maximum absolute atomic E-state index is 12.4. The van der Waals surface area contributed by atoms with Crippen LogP contribution in [0.1, 0.15) is 17.9 Å². The highest BCUT2D eigenvalue weighted by Gasteiger charge is 2.43. The molecule has 3 aromatic rings. The van der Waals surface area contributed by atoms with Crippen molar-refractivity contribution in [3.63, 3.8) is 0 Å². The number of nitrogens with one attached hydrogen (secondary N) is 1. The van der Waals surface area contributed by atoms with E-state index >= 15 is 0 Å². The highest BCUT2D eigenvalue weighted by atomic mass is 16.2. The van der Waals surface area contributed by atoms with Crippen LogP contribution in [0.2, 0.25) is 0 Å². The van der Waals surface area contributed by atoms with Gasteiger partial charge in [-0.3, -0.25) is 4.79 Å². The van der Waals surface area contributed by atoms with Gasteiger partial charge in [0.2, 0.25) is 5.91 Å². The third-order valence-electron chi connectivity index (χ3n) is 4.61. The SMILES string of the molecule is O=C(Nc1ccc(-c2ccccc2)cc1)C1CC1c1ccccc1. The second-order valence-corrected chi connectivity index (χ2v) is 6.29. The molecule has 24 heavy (non-hydrogen) atoms. The second kappa shape index (κ2) is 6.32. The largest absolute Gasteiger partial charge is 0.326 e. The van der Waals surface area contributed by atoms with Gasteiger partial charge in [-0.25, -0.2) is 0 Å². The summed E-state index contributed by atoms with van der Waals surface area (Å²) in [5.74, 6) is 0.590. The van der Waals surface area contributed by atoms with Crippen molar-refractivity contribution < 1.29 is 4.79 Å². The zero-order valence-electron chi connectivity index (χ0n) is 13.4. The summed E-state index contributed by atoms with van der Waals surface area (Å²) >= 11 is 0. The molecule has 2 nitrogen and oxygen atoms in total. The Kier molecular flexibility index (Phi) is 3.87. The van der Waals surface area contributed by atoms with Crippen molar-refractivity contribution in [2.45, 2.75) is 12.3 Å². The quantitative estimate of drug-likeness (QED) is 0.713. The van der Waals surface area contributed by atoms with Crippen molar-refractivity contribution in [3.8, 4) is 11.1 Å². The fraction of sp³-hybridized carbons (Fsp3) is 0.136. The first-order chi connectivity index (χ1) is 11.8. The van der Waals surface area contributed by atoms with E-state index in [9.17, 15) is 4.79 Å². The summed E-state index contributed by atoms with van der Waals surface area (Å²) in [4.78, 5) is 12.4. The lowest BCUT2D eigenvalue weighted by molar-refractivity contribution is -0.117. The molecule has 1 aliphatic carbocycles. The molecule has 1 saturated carbocycles. The Labute approximate surface area is 142 Å². The number of hydrogen-bond acceptors (Lipinski definition) is 1. The smallest absolute Gasteiger partial charge is 0.228 e.